The van der Waals surface area contributed by atoms with E-state index in [9.17, 15) is 0 Å². The molecule has 0 aromatic heterocycles. The Kier molecular flexibility index (Phi) is 15.0. The van der Waals surface area contributed by atoms with E-state index >= 15 is 0 Å². The van der Waals surface area contributed by atoms with Gasteiger partial charge in [-0.3, -0.25) is 0 Å². The SMILES string of the molecule is C=C(CC1C2CCC(C3=CC(CCCC)C=C4CC(C4CCCCCC)C4CCC4C3C)=CC(C)C3CC3C1C(CCCCCC)C2)C(C)CCC. The van der Waals surface area contributed by atoms with E-state index in [1.54, 1.807) is 5.57 Å². The Morgan fingerprint density at radius 2 is 1.44 bits per heavy atom. The van der Waals surface area contributed by atoms with Crippen LogP contribution in [0, 0.1) is 82.9 Å². The van der Waals surface area contributed by atoms with Gasteiger partial charge in [0.15, 0.2) is 0 Å². The van der Waals surface area contributed by atoms with E-state index in [0.717, 1.165) is 71.0 Å². The Labute approximate surface area is 325 Å². The smallest absolute Gasteiger partial charge is 0.00447 e. The molecule has 7 rings (SSSR count). The molecular formula is C52H86. The Bertz CT molecular complexity index is 1230. The first-order valence-electron chi connectivity index (χ1n) is 24.1. The lowest BCUT2D eigenvalue weighted by Crippen LogP contribution is -2.46. The number of hydrogen-bond donors (Lipinski definition) is 0. The summed E-state index contributed by atoms with van der Waals surface area (Å²) in [6.45, 7) is 22.2. The van der Waals surface area contributed by atoms with Crippen LogP contribution >= 0.6 is 0 Å². The van der Waals surface area contributed by atoms with Crippen molar-refractivity contribution in [2.24, 2.45) is 82.9 Å². The molecule has 0 heteroatoms. The van der Waals surface area contributed by atoms with Gasteiger partial charge in [0.25, 0.3) is 0 Å². The summed E-state index contributed by atoms with van der Waals surface area (Å²) < 4.78 is 0. The Hall–Kier alpha value is -1.04. The fourth-order valence-electron chi connectivity index (χ4n) is 13.5. The summed E-state index contributed by atoms with van der Waals surface area (Å²) in [7, 11) is 0. The van der Waals surface area contributed by atoms with Crippen molar-refractivity contribution < 1.29 is 0 Å². The van der Waals surface area contributed by atoms with Crippen molar-refractivity contribution in [3.8, 4) is 0 Å². The van der Waals surface area contributed by atoms with Crippen LogP contribution < -0.4 is 0 Å². The lowest BCUT2D eigenvalue weighted by molar-refractivity contribution is 0.0158. The van der Waals surface area contributed by atoms with Gasteiger partial charge in [0.1, 0.15) is 0 Å². The second-order valence-electron chi connectivity index (χ2n) is 20.2. The van der Waals surface area contributed by atoms with Crippen molar-refractivity contribution in [1.82, 2.24) is 0 Å². The number of hydrogen-bond acceptors (Lipinski definition) is 0. The molecule has 52 heavy (non-hydrogen) atoms. The zero-order chi connectivity index (χ0) is 36.8. The van der Waals surface area contributed by atoms with E-state index in [2.05, 4.69) is 66.7 Å². The molecule has 0 saturated heterocycles. The summed E-state index contributed by atoms with van der Waals surface area (Å²) >= 11 is 0. The van der Waals surface area contributed by atoms with Gasteiger partial charge < -0.3 is 0 Å². The molecule has 4 bridgehead atoms. The van der Waals surface area contributed by atoms with Gasteiger partial charge in [-0.15, -0.1) is 0 Å². The average Bonchev–Trinajstić information content (AvgIpc) is 3.83. The van der Waals surface area contributed by atoms with Crippen molar-refractivity contribution in [3.63, 3.8) is 0 Å². The first kappa shape index (κ1) is 40.6. The highest BCUT2D eigenvalue weighted by molar-refractivity contribution is 5.38. The van der Waals surface area contributed by atoms with Gasteiger partial charge in [-0.25, -0.2) is 0 Å². The molecule has 7 aliphatic carbocycles. The van der Waals surface area contributed by atoms with Gasteiger partial charge in [-0.1, -0.05) is 161 Å². The van der Waals surface area contributed by atoms with Crippen molar-refractivity contribution >= 4 is 0 Å². The van der Waals surface area contributed by atoms with Gasteiger partial charge in [0.05, 0.1) is 0 Å². The van der Waals surface area contributed by atoms with Crippen LogP contribution in [0.1, 0.15) is 196 Å². The molecule has 0 radical (unpaired) electrons. The molecule has 0 heterocycles. The highest BCUT2D eigenvalue weighted by Crippen LogP contribution is 2.63. The van der Waals surface area contributed by atoms with Crippen molar-refractivity contribution in [3.05, 3.63) is 47.1 Å². The predicted molar refractivity (Wildman–Crippen MR) is 228 cm³/mol. The maximum Gasteiger partial charge on any atom is -0.00447 e. The van der Waals surface area contributed by atoms with Crippen LogP contribution in [-0.4, -0.2) is 0 Å². The van der Waals surface area contributed by atoms with Crippen LogP contribution in [-0.2, 0) is 0 Å². The molecule has 0 amide bonds. The van der Waals surface area contributed by atoms with Gasteiger partial charge in [-0.2, -0.15) is 0 Å². The zero-order valence-electron chi connectivity index (χ0n) is 35.8. The van der Waals surface area contributed by atoms with E-state index < -0.39 is 0 Å². The molecule has 294 valence electrons. The third-order valence-corrected chi connectivity index (χ3v) is 16.9. The predicted octanol–water partition coefficient (Wildman–Crippen LogP) is 16.1. The molecule has 7 aliphatic rings. The van der Waals surface area contributed by atoms with E-state index in [4.69, 9.17) is 6.58 Å². The number of allylic oxidation sites excluding steroid dienone is 7. The zero-order valence-corrected chi connectivity index (χ0v) is 35.8. The summed E-state index contributed by atoms with van der Waals surface area (Å²) in [5.41, 5.74) is 7.14. The lowest BCUT2D eigenvalue weighted by atomic mass is 9.50. The summed E-state index contributed by atoms with van der Waals surface area (Å²) in [5.74, 6) is 12.2. The first-order chi connectivity index (χ1) is 25.3. The fraction of sp³-hybridized carbons (Fsp3) is 0.846. The largest absolute Gasteiger partial charge is 0.0996 e. The molecule has 14 unspecified atom stereocenters. The molecule has 4 saturated carbocycles. The van der Waals surface area contributed by atoms with E-state index in [-0.39, 0.29) is 0 Å². The summed E-state index contributed by atoms with van der Waals surface area (Å²) in [6.07, 6.45) is 41.3. The highest BCUT2D eigenvalue weighted by Gasteiger charge is 2.55. The number of fused-ring (bicyclic) bond motifs is 7. The number of rotatable bonds is 19. The van der Waals surface area contributed by atoms with E-state index in [1.165, 1.54) is 148 Å². The molecule has 0 aromatic carbocycles. The van der Waals surface area contributed by atoms with Crippen molar-refractivity contribution in [1.29, 1.82) is 0 Å². The monoisotopic (exact) mass is 711 g/mol. The van der Waals surface area contributed by atoms with Gasteiger partial charge >= 0.3 is 0 Å². The molecule has 0 spiro atoms. The van der Waals surface area contributed by atoms with Gasteiger partial charge in [0.2, 0.25) is 0 Å². The third-order valence-electron chi connectivity index (χ3n) is 16.9. The minimum absolute atomic E-state index is 0.642. The van der Waals surface area contributed by atoms with Crippen LogP contribution in [0.4, 0.5) is 0 Å². The van der Waals surface area contributed by atoms with Crippen LogP contribution in [0.5, 0.6) is 0 Å². The van der Waals surface area contributed by atoms with Crippen LogP contribution in [0.15, 0.2) is 47.1 Å². The third kappa shape index (κ3) is 9.31. The summed E-state index contributed by atoms with van der Waals surface area (Å²) in [6, 6.07) is 0. The minimum Gasteiger partial charge on any atom is -0.0996 e. The van der Waals surface area contributed by atoms with Crippen LogP contribution in [0.25, 0.3) is 0 Å². The fourth-order valence-corrected chi connectivity index (χ4v) is 13.5. The normalized spacial score (nSPS) is 38.8. The molecule has 0 N–H and O–H groups in total. The summed E-state index contributed by atoms with van der Waals surface area (Å²) in [5, 5.41) is 0. The van der Waals surface area contributed by atoms with Crippen molar-refractivity contribution in [2.45, 2.75) is 196 Å². The molecule has 14 atom stereocenters. The van der Waals surface area contributed by atoms with Crippen LogP contribution in [0.2, 0.25) is 0 Å². The minimum atomic E-state index is 0.642. The Morgan fingerprint density at radius 3 is 2.13 bits per heavy atom. The number of unbranched alkanes of at least 4 members (excludes halogenated alkanes) is 7. The quantitative estimate of drug-likeness (QED) is 0.0925. The van der Waals surface area contributed by atoms with Gasteiger partial charge in [0, 0.05) is 0 Å². The lowest BCUT2D eigenvalue weighted by Gasteiger charge is -2.54. The molecule has 0 aromatic rings. The molecule has 4 fully saturated rings. The Morgan fingerprint density at radius 1 is 0.712 bits per heavy atom. The first-order valence-corrected chi connectivity index (χ1v) is 24.1. The topological polar surface area (TPSA) is 0 Å². The van der Waals surface area contributed by atoms with E-state index in [0.29, 0.717) is 11.8 Å². The second-order valence-corrected chi connectivity index (χ2v) is 20.2. The molecular weight excluding hydrogens is 625 g/mol. The molecule has 0 aliphatic heterocycles. The average molecular weight is 711 g/mol. The molecule has 0 nitrogen and oxygen atoms in total. The van der Waals surface area contributed by atoms with Crippen LogP contribution in [0.3, 0.4) is 0 Å². The standard InChI is InChI=1S/C52H86/c1-9-13-16-18-22-42-32-41-25-24-40(28-37(7)47-34-51(47)52(42)49(41)29-36(6)35(5)20-12-4)48-31-39(21-15-11-3)30-43-33-50(45(43)23-19-17-14-10-2)46-27-26-44(46)38(48)8/h28,30-31,35,37-39,41-42,44-47,49-52H,6,9-27,29,32-34H2,1-5,7-8H3. The van der Waals surface area contributed by atoms with Crippen molar-refractivity contribution in [2.75, 3.05) is 0 Å². The maximum atomic E-state index is 4.83. The highest BCUT2D eigenvalue weighted by atomic mass is 14.6. The Balaban J connectivity index is 1.29. The van der Waals surface area contributed by atoms with E-state index in [1.807, 2.05) is 16.7 Å². The van der Waals surface area contributed by atoms with Gasteiger partial charge in [-0.05, 0) is 165 Å². The summed E-state index contributed by atoms with van der Waals surface area (Å²) in [4.78, 5) is 0. The second kappa shape index (κ2) is 19.2. The maximum absolute atomic E-state index is 4.83.